The molecular weight excluding hydrogens is 182 g/mol. The molecule has 74 valence electrons. The van der Waals surface area contributed by atoms with E-state index in [1.54, 1.807) is 7.05 Å². The van der Waals surface area contributed by atoms with Crippen LogP contribution in [0.1, 0.15) is 12.5 Å². The van der Waals surface area contributed by atoms with Gasteiger partial charge in [-0.25, -0.2) is 4.79 Å². The average Bonchev–Trinajstić information content (AvgIpc) is 2.48. The standard InChI is InChI=1S/C8H11N5O/c1-3-10-8(14)12-7-6(4-9)5-11-13(7)2/h5H,3H2,1-2H3,(H2,10,12,14). The smallest absolute Gasteiger partial charge is 0.320 e. The summed E-state index contributed by atoms with van der Waals surface area (Å²) in [5.74, 6) is 0.401. The SMILES string of the molecule is CCNC(=O)Nc1c(C#N)cnn1C. The Labute approximate surface area is 81.5 Å². The number of aryl methyl sites for hydroxylation is 1. The van der Waals surface area contributed by atoms with E-state index in [-0.39, 0.29) is 6.03 Å². The fraction of sp³-hybridized carbons (Fsp3) is 0.375. The summed E-state index contributed by atoms with van der Waals surface area (Å²) >= 11 is 0. The van der Waals surface area contributed by atoms with Crippen LogP contribution < -0.4 is 10.6 Å². The largest absolute Gasteiger partial charge is 0.338 e. The molecule has 0 bridgehead atoms. The second-order valence-electron chi connectivity index (χ2n) is 2.63. The van der Waals surface area contributed by atoms with Gasteiger partial charge in [0.05, 0.1) is 6.20 Å². The first kappa shape index (κ1) is 10.1. The number of nitriles is 1. The van der Waals surface area contributed by atoms with Crippen LogP contribution in [0.15, 0.2) is 6.20 Å². The Morgan fingerprint density at radius 2 is 2.50 bits per heavy atom. The number of amides is 2. The minimum atomic E-state index is -0.340. The molecule has 0 saturated carbocycles. The Kier molecular flexibility index (Phi) is 3.07. The van der Waals surface area contributed by atoms with Crippen molar-refractivity contribution in [1.82, 2.24) is 15.1 Å². The van der Waals surface area contributed by atoms with E-state index in [4.69, 9.17) is 5.26 Å². The van der Waals surface area contributed by atoms with Crippen LogP contribution >= 0.6 is 0 Å². The van der Waals surface area contributed by atoms with Crippen molar-refractivity contribution in [3.8, 4) is 6.07 Å². The predicted octanol–water partition coefficient (Wildman–Crippen LogP) is 0.433. The Morgan fingerprint density at radius 3 is 3.07 bits per heavy atom. The summed E-state index contributed by atoms with van der Waals surface area (Å²) in [6.45, 7) is 2.35. The lowest BCUT2D eigenvalue weighted by molar-refractivity contribution is 0.252. The third-order valence-electron chi connectivity index (χ3n) is 1.63. The van der Waals surface area contributed by atoms with E-state index in [0.717, 1.165) is 0 Å². The van der Waals surface area contributed by atoms with E-state index in [2.05, 4.69) is 15.7 Å². The molecule has 1 aromatic rings. The van der Waals surface area contributed by atoms with Crippen molar-refractivity contribution in [2.45, 2.75) is 6.92 Å². The molecule has 0 aliphatic heterocycles. The lowest BCUT2D eigenvalue weighted by atomic mass is 10.3. The summed E-state index contributed by atoms with van der Waals surface area (Å²) in [7, 11) is 1.66. The molecule has 2 N–H and O–H groups in total. The topological polar surface area (TPSA) is 82.7 Å². The van der Waals surface area contributed by atoms with Gasteiger partial charge in [-0.15, -0.1) is 0 Å². The van der Waals surface area contributed by atoms with Crippen molar-refractivity contribution in [1.29, 1.82) is 5.26 Å². The van der Waals surface area contributed by atoms with E-state index >= 15 is 0 Å². The Bertz CT molecular complexity index is 376. The minimum Gasteiger partial charge on any atom is -0.338 e. The van der Waals surface area contributed by atoms with Gasteiger partial charge >= 0.3 is 6.03 Å². The second kappa shape index (κ2) is 4.28. The molecule has 0 aliphatic rings. The van der Waals surface area contributed by atoms with Crippen molar-refractivity contribution in [2.24, 2.45) is 7.05 Å². The first-order chi connectivity index (χ1) is 6.69. The molecule has 14 heavy (non-hydrogen) atoms. The van der Waals surface area contributed by atoms with E-state index in [9.17, 15) is 4.79 Å². The van der Waals surface area contributed by atoms with Gasteiger partial charge in [0, 0.05) is 13.6 Å². The van der Waals surface area contributed by atoms with Crippen LogP contribution in [0.25, 0.3) is 0 Å². The highest BCUT2D eigenvalue weighted by Gasteiger charge is 2.10. The first-order valence-corrected chi connectivity index (χ1v) is 4.16. The summed E-state index contributed by atoms with van der Waals surface area (Å²) in [5, 5.41) is 17.7. The van der Waals surface area contributed by atoms with Crippen molar-refractivity contribution in [3.05, 3.63) is 11.8 Å². The number of nitrogens with zero attached hydrogens (tertiary/aromatic N) is 3. The Hall–Kier alpha value is -2.03. The van der Waals surface area contributed by atoms with Crippen LogP contribution in [0, 0.1) is 11.3 Å². The van der Waals surface area contributed by atoms with E-state index in [1.807, 2.05) is 13.0 Å². The molecule has 0 fully saturated rings. The number of carbonyl (C=O) groups is 1. The lowest BCUT2D eigenvalue weighted by Gasteiger charge is -2.05. The maximum absolute atomic E-state index is 11.2. The molecule has 0 radical (unpaired) electrons. The quantitative estimate of drug-likeness (QED) is 0.714. The maximum Gasteiger partial charge on any atom is 0.320 e. The van der Waals surface area contributed by atoms with Crippen molar-refractivity contribution < 1.29 is 4.79 Å². The number of carbonyl (C=O) groups excluding carboxylic acids is 1. The molecule has 1 heterocycles. The molecule has 0 saturated heterocycles. The number of urea groups is 1. The van der Waals surface area contributed by atoms with Crippen LogP contribution in [-0.2, 0) is 7.05 Å². The summed E-state index contributed by atoms with van der Waals surface area (Å²) in [4.78, 5) is 11.2. The molecule has 0 aromatic carbocycles. The zero-order valence-electron chi connectivity index (χ0n) is 8.03. The van der Waals surface area contributed by atoms with Gasteiger partial charge < -0.3 is 5.32 Å². The van der Waals surface area contributed by atoms with Crippen LogP contribution in [0.5, 0.6) is 0 Å². The fourth-order valence-corrected chi connectivity index (χ4v) is 0.980. The second-order valence-corrected chi connectivity index (χ2v) is 2.63. The number of aromatic nitrogens is 2. The molecular formula is C8H11N5O. The number of rotatable bonds is 2. The maximum atomic E-state index is 11.2. The molecule has 6 heteroatoms. The van der Waals surface area contributed by atoms with Gasteiger partial charge in [0.25, 0.3) is 0 Å². The highest BCUT2D eigenvalue weighted by Crippen LogP contribution is 2.11. The third kappa shape index (κ3) is 2.01. The van der Waals surface area contributed by atoms with Gasteiger partial charge in [0.1, 0.15) is 17.5 Å². The van der Waals surface area contributed by atoms with Crippen LogP contribution in [0.2, 0.25) is 0 Å². The van der Waals surface area contributed by atoms with Gasteiger partial charge in [0.15, 0.2) is 0 Å². The highest BCUT2D eigenvalue weighted by molar-refractivity contribution is 5.89. The van der Waals surface area contributed by atoms with Gasteiger partial charge in [-0.3, -0.25) is 10.00 Å². The van der Waals surface area contributed by atoms with E-state index in [1.165, 1.54) is 10.9 Å². The lowest BCUT2D eigenvalue weighted by Crippen LogP contribution is -2.29. The predicted molar refractivity (Wildman–Crippen MR) is 50.6 cm³/mol. The molecule has 1 aromatic heterocycles. The van der Waals surface area contributed by atoms with Crippen LogP contribution in [0.3, 0.4) is 0 Å². The molecule has 6 nitrogen and oxygen atoms in total. The van der Waals surface area contributed by atoms with Gasteiger partial charge in [0.2, 0.25) is 0 Å². The number of hydrogen-bond donors (Lipinski definition) is 2. The Morgan fingerprint density at radius 1 is 1.79 bits per heavy atom. The summed E-state index contributed by atoms with van der Waals surface area (Å²) in [6, 6.07) is 1.60. The van der Waals surface area contributed by atoms with Crippen molar-refractivity contribution in [2.75, 3.05) is 11.9 Å². The van der Waals surface area contributed by atoms with Gasteiger partial charge in [-0.1, -0.05) is 0 Å². The third-order valence-corrected chi connectivity index (χ3v) is 1.63. The summed E-state index contributed by atoms with van der Waals surface area (Å²) < 4.78 is 1.44. The van der Waals surface area contributed by atoms with Gasteiger partial charge in [-0.2, -0.15) is 10.4 Å². The van der Waals surface area contributed by atoms with E-state index < -0.39 is 0 Å². The Balaban J connectivity index is 2.80. The van der Waals surface area contributed by atoms with Crippen molar-refractivity contribution >= 4 is 11.8 Å². The average molecular weight is 193 g/mol. The van der Waals surface area contributed by atoms with Gasteiger partial charge in [-0.05, 0) is 6.92 Å². The first-order valence-electron chi connectivity index (χ1n) is 4.16. The zero-order valence-corrected chi connectivity index (χ0v) is 8.03. The minimum absolute atomic E-state index is 0.340. The number of nitrogens with one attached hydrogen (secondary N) is 2. The zero-order chi connectivity index (χ0) is 10.6. The molecule has 0 spiro atoms. The van der Waals surface area contributed by atoms with Crippen molar-refractivity contribution in [3.63, 3.8) is 0 Å². The molecule has 2 amide bonds. The summed E-state index contributed by atoms with van der Waals surface area (Å²) in [6.07, 6.45) is 1.40. The monoisotopic (exact) mass is 193 g/mol. The molecule has 1 rings (SSSR count). The van der Waals surface area contributed by atoms with E-state index in [0.29, 0.717) is 17.9 Å². The number of hydrogen-bond acceptors (Lipinski definition) is 3. The summed E-state index contributed by atoms with van der Waals surface area (Å²) in [5.41, 5.74) is 0.346. The van der Waals surface area contributed by atoms with Crippen LogP contribution in [0.4, 0.5) is 10.6 Å². The highest BCUT2D eigenvalue weighted by atomic mass is 16.2. The molecule has 0 atom stereocenters. The molecule has 0 unspecified atom stereocenters. The molecule has 0 aliphatic carbocycles. The number of anilines is 1. The fourth-order valence-electron chi connectivity index (χ4n) is 0.980. The normalized spacial score (nSPS) is 9.21. The van der Waals surface area contributed by atoms with Crippen LogP contribution in [-0.4, -0.2) is 22.4 Å².